The predicted molar refractivity (Wildman–Crippen MR) is 112 cm³/mol. The number of fused-ring (bicyclic) bond motifs is 3. The highest BCUT2D eigenvalue weighted by Gasteiger charge is 2.22. The molecule has 1 N–H and O–H groups in total. The van der Waals surface area contributed by atoms with Gasteiger partial charge in [0.15, 0.2) is 5.82 Å². The zero-order chi connectivity index (χ0) is 20.7. The molecule has 0 unspecified atom stereocenters. The summed E-state index contributed by atoms with van der Waals surface area (Å²) < 4.78 is 0. The molecular formula is C22H18N4O3. The number of benzene rings is 2. The van der Waals surface area contributed by atoms with E-state index in [0.29, 0.717) is 39.2 Å². The van der Waals surface area contributed by atoms with Gasteiger partial charge in [0.1, 0.15) is 0 Å². The van der Waals surface area contributed by atoms with Gasteiger partial charge in [0.2, 0.25) is 11.8 Å². The molecule has 2 heterocycles. The topological polar surface area (TPSA) is 96.0 Å². The lowest BCUT2D eigenvalue weighted by molar-refractivity contribution is -0.124. The van der Waals surface area contributed by atoms with Crippen molar-refractivity contribution in [1.29, 1.82) is 0 Å². The molecule has 4 aromatic rings. The number of anilines is 1. The van der Waals surface area contributed by atoms with Gasteiger partial charge in [-0.1, -0.05) is 30.3 Å². The van der Waals surface area contributed by atoms with Gasteiger partial charge in [0.25, 0.3) is 5.56 Å². The Bertz CT molecular complexity index is 1340. The van der Waals surface area contributed by atoms with Crippen molar-refractivity contribution in [3.05, 3.63) is 64.6 Å². The minimum atomic E-state index is -0.399. The summed E-state index contributed by atoms with van der Waals surface area (Å²) in [7, 11) is 0. The van der Waals surface area contributed by atoms with Crippen molar-refractivity contribution in [2.24, 2.45) is 0 Å². The van der Waals surface area contributed by atoms with Gasteiger partial charge < -0.3 is 4.98 Å². The van der Waals surface area contributed by atoms with Crippen molar-refractivity contribution in [3.63, 3.8) is 0 Å². The summed E-state index contributed by atoms with van der Waals surface area (Å²) in [5.41, 5.74) is 2.40. The molecule has 0 atom stereocenters. The lowest BCUT2D eigenvalue weighted by Gasteiger charge is -2.20. The molecular weight excluding hydrogens is 368 g/mol. The number of imide groups is 1. The molecule has 29 heavy (non-hydrogen) atoms. The van der Waals surface area contributed by atoms with Gasteiger partial charge in [-0.3, -0.25) is 19.3 Å². The number of nitrogens with one attached hydrogen (secondary N) is 1. The van der Waals surface area contributed by atoms with E-state index in [9.17, 15) is 14.4 Å². The molecule has 0 aliphatic rings. The molecule has 0 saturated carbocycles. The van der Waals surface area contributed by atoms with E-state index in [0.717, 1.165) is 10.3 Å². The van der Waals surface area contributed by atoms with Crippen LogP contribution in [-0.2, 0) is 9.59 Å². The molecule has 2 amide bonds. The summed E-state index contributed by atoms with van der Waals surface area (Å²) in [5.74, 6) is -0.456. The smallest absolute Gasteiger partial charge is 0.259 e. The summed E-state index contributed by atoms with van der Waals surface area (Å²) >= 11 is 0. The number of hydrogen-bond donors (Lipinski definition) is 1. The first-order valence-electron chi connectivity index (χ1n) is 9.08. The van der Waals surface area contributed by atoms with Crippen LogP contribution in [0.5, 0.6) is 0 Å². The maximum Gasteiger partial charge on any atom is 0.259 e. The molecule has 2 aromatic heterocycles. The van der Waals surface area contributed by atoms with E-state index in [1.165, 1.54) is 13.8 Å². The maximum atomic E-state index is 12.6. The van der Waals surface area contributed by atoms with Crippen LogP contribution in [-0.4, -0.2) is 26.8 Å². The van der Waals surface area contributed by atoms with Gasteiger partial charge in [-0.25, -0.2) is 9.97 Å². The summed E-state index contributed by atoms with van der Waals surface area (Å²) in [6.07, 6.45) is 0. The number of aromatic amines is 1. The number of amides is 2. The zero-order valence-corrected chi connectivity index (χ0v) is 16.2. The molecule has 0 spiro atoms. The number of para-hydroxylation sites is 2. The number of carbonyl (C=O) groups is 2. The maximum absolute atomic E-state index is 12.6. The molecule has 7 nitrogen and oxygen atoms in total. The van der Waals surface area contributed by atoms with Crippen molar-refractivity contribution in [2.45, 2.75) is 20.8 Å². The number of carbonyl (C=O) groups excluding carboxylic acids is 2. The summed E-state index contributed by atoms with van der Waals surface area (Å²) in [5, 5.41) is 1.21. The molecule has 7 heteroatoms. The van der Waals surface area contributed by atoms with E-state index >= 15 is 0 Å². The number of hydrogen-bond acceptors (Lipinski definition) is 5. The largest absolute Gasteiger partial charge is 0.321 e. The Hall–Kier alpha value is -3.87. The van der Waals surface area contributed by atoms with Crippen LogP contribution in [0, 0.1) is 6.92 Å². The standard InChI is InChI=1S/C22H18N4O3/c1-12-19-20(15-8-4-6-10-17(15)24-22(19)29)25-21(23-12)16-9-5-7-11-18(16)26(13(2)27)14(3)28/h4-11H,1-3H3,(H,24,29). The summed E-state index contributed by atoms with van der Waals surface area (Å²) in [4.78, 5) is 49.9. The van der Waals surface area contributed by atoms with Crippen LogP contribution in [0.25, 0.3) is 33.2 Å². The van der Waals surface area contributed by atoms with Gasteiger partial charge in [0, 0.05) is 24.8 Å². The highest BCUT2D eigenvalue weighted by atomic mass is 16.2. The van der Waals surface area contributed by atoms with Gasteiger partial charge in [0.05, 0.1) is 27.8 Å². The minimum Gasteiger partial charge on any atom is -0.321 e. The fourth-order valence-electron chi connectivity index (χ4n) is 3.56. The van der Waals surface area contributed by atoms with Crippen LogP contribution in [0.2, 0.25) is 0 Å². The van der Waals surface area contributed by atoms with E-state index < -0.39 is 11.8 Å². The van der Waals surface area contributed by atoms with Crippen LogP contribution in [0.4, 0.5) is 5.69 Å². The first-order chi connectivity index (χ1) is 13.9. The number of aryl methyl sites for hydroxylation is 1. The Morgan fingerprint density at radius 3 is 2.31 bits per heavy atom. The minimum absolute atomic E-state index is 0.259. The summed E-state index contributed by atoms with van der Waals surface area (Å²) in [6, 6.07) is 14.4. The third kappa shape index (κ3) is 3.06. The number of pyridine rings is 1. The Morgan fingerprint density at radius 2 is 1.59 bits per heavy atom. The Morgan fingerprint density at radius 1 is 0.931 bits per heavy atom. The molecule has 0 radical (unpaired) electrons. The average molecular weight is 386 g/mol. The SMILES string of the molecule is CC(=O)N(C(C)=O)c1ccccc1-c1nc(C)c2c(=O)[nH]c3ccccc3c2n1. The fourth-order valence-corrected chi connectivity index (χ4v) is 3.56. The zero-order valence-electron chi connectivity index (χ0n) is 16.2. The van der Waals surface area contributed by atoms with E-state index in [4.69, 9.17) is 0 Å². The lowest BCUT2D eigenvalue weighted by Crippen LogP contribution is -2.33. The van der Waals surface area contributed by atoms with Crippen LogP contribution in [0.1, 0.15) is 19.5 Å². The number of H-pyrrole nitrogens is 1. The predicted octanol–water partition coefficient (Wildman–Crippen LogP) is 3.35. The molecule has 0 bridgehead atoms. The Kier molecular flexibility index (Phi) is 4.43. The van der Waals surface area contributed by atoms with Crippen molar-refractivity contribution in [3.8, 4) is 11.4 Å². The van der Waals surface area contributed by atoms with Crippen molar-refractivity contribution in [2.75, 3.05) is 4.90 Å². The molecule has 0 aliphatic heterocycles. The third-order valence-electron chi connectivity index (χ3n) is 4.76. The van der Waals surface area contributed by atoms with Crippen molar-refractivity contribution < 1.29 is 9.59 Å². The normalized spacial score (nSPS) is 11.0. The second-order valence-electron chi connectivity index (χ2n) is 6.75. The number of aromatic nitrogens is 3. The monoisotopic (exact) mass is 386 g/mol. The van der Waals surface area contributed by atoms with Gasteiger partial charge in [-0.2, -0.15) is 0 Å². The molecule has 0 fully saturated rings. The second kappa shape index (κ2) is 6.94. The van der Waals surface area contributed by atoms with E-state index in [-0.39, 0.29) is 5.56 Å². The highest BCUT2D eigenvalue weighted by Crippen LogP contribution is 2.31. The quantitative estimate of drug-likeness (QED) is 0.533. The molecule has 144 valence electrons. The van der Waals surface area contributed by atoms with Crippen molar-refractivity contribution >= 4 is 39.3 Å². The average Bonchev–Trinajstić information content (AvgIpc) is 2.67. The highest BCUT2D eigenvalue weighted by molar-refractivity contribution is 6.15. The number of nitrogens with zero attached hydrogens (tertiary/aromatic N) is 3. The van der Waals surface area contributed by atoms with Gasteiger partial charge >= 0.3 is 0 Å². The van der Waals surface area contributed by atoms with E-state index in [1.807, 2.05) is 24.3 Å². The fraction of sp³-hybridized carbons (Fsp3) is 0.136. The second-order valence-corrected chi connectivity index (χ2v) is 6.75. The van der Waals surface area contributed by atoms with E-state index in [1.54, 1.807) is 31.2 Å². The lowest BCUT2D eigenvalue weighted by atomic mass is 10.1. The molecule has 2 aromatic carbocycles. The molecule has 0 aliphatic carbocycles. The van der Waals surface area contributed by atoms with Crippen LogP contribution in [0.3, 0.4) is 0 Å². The van der Waals surface area contributed by atoms with Crippen molar-refractivity contribution in [1.82, 2.24) is 15.0 Å². The summed E-state index contributed by atoms with van der Waals surface area (Å²) in [6.45, 7) is 4.41. The van der Waals surface area contributed by atoms with E-state index in [2.05, 4.69) is 15.0 Å². The third-order valence-corrected chi connectivity index (χ3v) is 4.76. The van der Waals surface area contributed by atoms with Gasteiger partial charge in [-0.05, 0) is 25.1 Å². The number of rotatable bonds is 2. The Balaban J connectivity index is 2.07. The Labute approximate surface area is 166 Å². The molecule has 4 rings (SSSR count). The van der Waals surface area contributed by atoms with Crippen LogP contribution < -0.4 is 10.5 Å². The first kappa shape index (κ1) is 18.5. The first-order valence-corrected chi connectivity index (χ1v) is 9.08. The van der Waals surface area contributed by atoms with Crippen LogP contribution in [0.15, 0.2) is 53.3 Å². The molecule has 0 saturated heterocycles. The van der Waals surface area contributed by atoms with Crippen LogP contribution >= 0.6 is 0 Å². The van der Waals surface area contributed by atoms with Gasteiger partial charge in [-0.15, -0.1) is 0 Å².